The van der Waals surface area contributed by atoms with Gasteiger partial charge in [0.2, 0.25) is 0 Å². The first kappa shape index (κ1) is 17.4. The molecule has 0 fully saturated rings. The summed E-state index contributed by atoms with van der Waals surface area (Å²) < 4.78 is 42.6. The van der Waals surface area contributed by atoms with Gasteiger partial charge in [-0.2, -0.15) is 23.0 Å². The number of aliphatic carboxylic acids is 1. The molecule has 0 bridgehead atoms. The molecule has 0 aliphatic rings. The maximum Gasteiger partial charge on any atom is 0.490 e. The minimum atomic E-state index is -5.08. The number of H-pyrrole nitrogens is 1. The lowest BCUT2D eigenvalue weighted by Crippen LogP contribution is -2.21. The molecule has 0 saturated heterocycles. The fourth-order valence-corrected chi connectivity index (χ4v) is 1.77. The van der Waals surface area contributed by atoms with Crippen molar-refractivity contribution in [2.24, 2.45) is 0 Å². The van der Waals surface area contributed by atoms with Crippen LogP contribution in [0.25, 0.3) is 16.8 Å². The minimum Gasteiger partial charge on any atom is -0.475 e. The Balaban J connectivity index is 0.000000321. The molecule has 3 aromatic rings. The predicted molar refractivity (Wildman–Crippen MR) is 82.6 cm³/mol. The fourth-order valence-electron chi connectivity index (χ4n) is 1.77. The average Bonchev–Trinajstić information content (AvgIpc) is 3.23. The molecule has 26 heavy (non-hydrogen) atoms. The van der Waals surface area contributed by atoms with Crippen LogP contribution in [-0.2, 0) is 11.3 Å². The Labute approximate surface area is 145 Å². The molecule has 2 N–H and O–H groups in total. The normalized spacial score (nSPS) is 11.5. The van der Waals surface area contributed by atoms with Crippen molar-refractivity contribution >= 4 is 5.97 Å². The summed E-state index contributed by atoms with van der Waals surface area (Å²) in [6, 6.07) is 5.37. The first-order valence-electron chi connectivity index (χ1n) is 7.57. The second-order valence-electron chi connectivity index (χ2n) is 4.77. The number of carboxylic acid groups (broad SMARTS) is 1. The van der Waals surface area contributed by atoms with Crippen molar-refractivity contribution in [3.63, 3.8) is 0 Å². The lowest BCUT2D eigenvalue weighted by Gasteiger charge is -2.00. The molecule has 138 valence electrons. The third kappa shape index (κ3) is 4.55. The highest BCUT2D eigenvalue weighted by Crippen LogP contribution is 2.19. The van der Waals surface area contributed by atoms with Gasteiger partial charge in [0.15, 0.2) is 0 Å². The SMILES string of the molecule is O=C(O)C(F)(F)F.[2H]c1cc(-c2cnn(CC)c2)ccc1-n1nn[nH]c1=O. The third-order valence-electron chi connectivity index (χ3n) is 3.03. The van der Waals surface area contributed by atoms with E-state index in [4.69, 9.17) is 11.3 Å². The molecule has 0 amide bonds. The molecule has 1 aromatic carbocycles. The van der Waals surface area contributed by atoms with E-state index in [0.29, 0.717) is 5.69 Å². The average molecular weight is 371 g/mol. The molecule has 9 nitrogen and oxygen atoms in total. The van der Waals surface area contributed by atoms with Crippen LogP contribution >= 0.6 is 0 Å². The van der Waals surface area contributed by atoms with Gasteiger partial charge in [-0.25, -0.2) is 14.7 Å². The summed E-state index contributed by atoms with van der Waals surface area (Å²) in [6.07, 6.45) is -1.42. The summed E-state index contributed by atoms with van der Waals surface area (Å²) in [4.78, 5) is 20.4. The largest absolute Gasteiger partial charge is 0.490 e. The number of carboxylic acids is 1. The number of benzene rings is 1. The Hall–Kier alpha value is -3.44. The fraction of sp³-hybridized carbons (Fsp3) is 0.214. The maximum atomic E-state index is 11.5. The molecule has 0 atom stereocenters. The first-order chi connectivity index (χ1) is 12.6. The van der Waals surface area contributed by atoms with Crippen LogP contribution in [0.4, 0.5) is 13.2 Å². The van der Waals surface area contributed by atoms with Gasteiger partial charge in [-0.1, -0.05) is 12.1 Å². The molecule has 2 heterocycles. The Morgan fingerprint density at radius 3 is 2.50 bits per heavy atom. The topological polar surface area (TPSA) is 119 Å². The summed E-state index contributed by atoms with van der Waals surface area (Å²) in [7, 11) is 0. The van der Waals surface area contributed by atoms with Gasteiger partial charge in [0, 0.05) is 18.3 Å². The number of aromatic nitrogens is 6. The van der Waals surface area contributed by atoms with Crippen molar-refractivity contribution < 1.29 is 24.4 Å². The van der Waals surface area contributed by atoms with Crippen molar-refractivity contribution in [1.82, 2.24) is 30.0 Å². The van der Waals surface area contributed by atoms with Gasteiger partial charge >= 0.3 is 17.8 Å². The standard InChI is InChI=1S/C12H12N6O.C2HF3O2/c1-2-17-8-10(7-13-17)9-3-5-11(6-4-9)18-12(19)14-15-16-18;3-2(4,5)1(6)7/h3-8H,2H2,1H3,(H,14,16,19);(H,6,7)/i5D;. The second kappa shape index (κ2) is 7.63. The lowest BCUT2D eigenvalue weighted by atomic mass is 10.1. The minimum absolute atomic E-state index is 0.197. The number of nitrogens with zero attached hydrogens (tertiary/aromatic N) is 5. The molecule has 2 aromatic heterocycles. The van der Waals surface area contributed by atoms with Gasteiger partial charge in [0.05, 0.1) is 13.3 Å². The number of aromatic amines is 1. The molecule has 0 spiro atoms. The van der Waals surface area contributed by atoms with E-state index < -0.39 is 17.8 Å². The van der Waals surface area contributed by atoms with Crippen LogP contribution in [0, 0.1) is 0 Å². The molecule has 12 heteroatoms. The summed E-state index contributed by atoms with van der Waals surface area (Å²) in [6.45, 7) is 2.80. The lowest BCUT2D eigenvalue weighted by molar-refractivity contribution is -0.192. The number of rotatable bonds is 3. The molecule has 0 radical (unpaired) electrons. The van der Waals surface area contributed by atoms with Crippen molar-refractivity contribution in [3.05, 3.63) is 47.1 Å². The Morgan fingerprint density at radius 2 is 2.04 bits per heavy atom. The van der Waals surface area contributed by atoms with Crippen molar-refractivity contribution in [2.75, 3.05) is 0 Å². The molecule has 3 rings (SSSR count). The van der Waals surface area contributed by atoms with E-state index in [0.717, 1.165) is 22.4 Å². The van der Waals surface area contributed by atoms with E-state index in [1.165, 1.54) is 0 Å². The highest BCUT2D eigenvalue weighted by molar-refractivity contribution is 5.73. The number of alkyl halides is 3. The van der Waals surface area contributed by atoms with Crippen LogP contribution < -0.4 is 5.69 Å². The summed E-state index contributed by atoms with van der Waals surface area (Å²) in [5, 5.41) is 20.6. The van der Waals surface area contributed by atoms with Crippen LogP contribution in [0.3, 0.4) is 0 Å². The highest BCUT2D eigenvalue weighted by Gasteiger charge is 2.38. The van der Waals surface area contributed by atoms with Crippen molar-refractivity contribution in [2.45, 2.75) is 19.6 Å². The number of aryl methyl sites for hydroxylation is 1. The van der Waals surface area contributed by atoms with E-state index in [9.17, 15) is 18.0 Å². The Bertz CT molecular complexity index is 994. The van der Waals surface area contributed by atoms with E-state index in [2.05, 4.69) is 20.6 Å². The van der Waals surface area contributed by atoms with E-state index in [1.54, 1.807) is 18.3 Å². The summed E-state index contributed by atoms with van der Waals surface area (Å²) in [5.41, 5.74) is 1.72. The molecule has 0 saturated carbocycles. The van der Waals surface area contributed by atoms with E-state index in [1.807, 2.05) is 23.9 Å². The monoisotopic (exact) mass is 371 g/mol. The van der Waals surface area contributed by atoms with Crippen molar-refractivity contribution in [1.29, 1.82) is 0 Å². The Kier molecular flexibility index (Phi) is 5.10. The smallest absolute Gasteiger partial charge is 0.475 e. The van der Waals surface area contributed by atoms with Crippen molar-refractivity contribution in [3.8, 4) is 16.8 Å². The van der Waals surface area contributed by atoms with E-state index >= 15 is 0 Å². The highest BCUT2D eigenvalue weighted by atomic mass is 19.4. The Morgan fingerprint density at radius 1 is 1.35 bits per heavy atom. The predicted octanol–water partition coefficient (Wildman–Crippen LogP) is 1.47. The number of hydrogen-bond acceptors (Lipinski definition) is 5. The quantitative estimate of drug-likeness (QED) is 0.720. The number of tetrazole rings is 1. The molecule has 0 aliphatic heterocycles. The van der Waals surface area contributed by atoms with Gasteiger partial charge in [0.1, 0.15) is 0 Å². The van der Waals surface area contributed by atoms with Crippen LogP contribution in [0.2, 0.25) is 0 Å². The molecule has 0 aliphatic carbocycles. The van der Waals surface area contributed by atoms with E-state index in [-0.39, 0.29) is 6.04 Å². The zero-order valence-corrected chi connectivity index (χ0v) is 13.2. The van der Waals surface area contributed by atoms with Gasteiger partial charge in [-0.3, -0.25) is 4.68 Å². The number of carbonyl (C=O) groups is 1. The second-order valence-corrected chi connectivity index (χ2v) is 4.77. The van der Waals surface area contributed by atoms with Crippen LogP contribution in [-0.4, -0.2) is 47.2 Å². The summed E-state index contributed by atoms with van der Waals surface area (Å²) in [5.74, 6) is -2.76. The van der Waals surface area contributed by atoms with Gasteiger partial charge < -0.3 is 5.11 Å². The van der Waals surface area contributed by atoms with Crippen LogP contribution in [0.5, 0.6) is 0 Å². The molecular formula is C14H13F3N6O3. The zero-order chi connectivity index (χ0) is 20.2. The van der Waals surface area contributed by atoms with Gasteiger partial charge in [-0.05, 0) is 35.0 Å². The van der Waals surface area contributed by atoms with Crippen LogP contribution in [0.1, 0.15) is 8.29 Å². The van der Waals surface area contributed by atoms with Gasteiger partial charge in [0.25, 0.3) is 0 Å². The molecule has 0 unspecified atom stereocenters. The zero-order valence-electron chi connectivity index (χ0n) is 14.2. The van der Waals surface area contributed by atoms with Gasteiger partial charge in [-0.15, -0.1) is 0 Å². The number of hydrogen-bond donors (Lipinski definition) is 2. The first-order valence-corrected chi connectivity index (χ1v) is 7.07. The molecular weight excluding hydrogens is 357 g/mol. The summed E-state index contributed by atoms with van der Waals surface area (Å²) >= 11 is 0. The maximum absolute atomic E-state index is 11.5. The number of halogens is 3. The number of nitrogens with one attached hydrogen (secondary N) is 1. The third-order valence-corrected chi connectivity index (χ3v) is 3.03. The van der Waals surface area contributed by atoms with Crippen LogP contribution in [0.15, 0.2) is 41.4 Å².